The van der Waals surface area contributed by atoms with Crippen molar-refractivity contribution in [1.82, 2.24) is 24.7 Å². The molecule has 0 amide bonds. The second kappa shape index (κ2) is 4.59. The van der Waals surface area contributed by atoms with Gasteiger partial charge in [0.25, 0.3) is 5.95 Å². The molecule has 0 atom stereocenters. The first-order chi connectivity index (χ1) is 8.85. The highest BCUT2D eigenvalue weighted by molar-refractivity contribution is 5.28. The number of hydrogen-bond donors (Lipinski definition) is 1. The Morgan fingerprint density at radius 1 is 1.39 bits per heavy atom. The van der Waals surface area contributed by atoms with E-state index in [1.807, 2.05) is 6.07 Å². The summed E-state index contributed by atoms with van der Waals surface area (Å²) >= 11 is 0. The zero-order valence-electron chi connectivity index (χ0n) is 10.1. The van der Waals surface area contributed by atoms with Gasteiger partial charge in [0.1, 0.15) is 0 Å². The maximum atomic E-state index is 5.57. The topological polar surface area (TPSA) is 77.8 Å². The lowest BCUT2D eigenvalue weighted by Crippen LogP contribution is -2.10. The van der Waals surface area contributed by atoms with Crippen molar-refractivity contribution in [3.8, 4) is 12.0 Å². The molecule has 0 unspecified atom stereocenters. The van der Waals surface area contributed by atoms with Crippen molar-refractivity contribution in [2.24, 2.45) is 5.92 Å². The third-order valence-electron chi connectivity index (χ3n) is 2.68. The Labute approximate surface area is 104 Å². The molecular formula is C11H14N6O. The molecule has 18 heavy (non-hydrogen) atoms. The van der Waals surface area contributed by atoms with Crippen LogP contribution in [0.1, 0.15) is 12.8 Å². The van der Waals surface area contributed by atoms with Crippen LogP contribution in [0.3, 0.4) is 0 Å². The zero-order valence-corrected chi connectivity index (χ0v) is 10.1. The van der Waals surface area contributed by atoms with Crippen LogP contribution >= 0.6 is 0 Å². The summed E-state index contributed by atoms with van der Waals surface area (Å²) in [4.78, 5) is 12.6. The van der Waals surface area contributed by atoms with E-state index in [1.165, 1.54) is 12.8 Å². The van der Waals surface area contributed by atoms with Crippen molar-refractivity contribution in [1.29, 1.82) is 0 Å². The van der Waals surface area contributed by atoms with Gasteiger partial charge in [-0.05, 0) is 24.8 Å². The number of hydrogen-bond acceptors (Lipinski definition) is 6. The van der Waals surface area contributed by atoms with E-state index >= 15 is 0 Å². The summed E-state index contributed by atoms with van der Waals surface area (Å²) in [5.74, 6) is 1.58. The molecular weight excluding hydrogens is 232 g/mol. The predicted octanol–water partition coefficient (Wildman–Crippen LogP) is 0.888. The van der Waals surface area contributed by atoms with Gasteiger partial charge in [0.15, 0.2) is 0 Å². The Hall–Kier alpha value is -2.18. The van der Waals surface area contributed by atoms with Gasteiger partial charge in [-0.3, -0.25) is 0 Å². The van der Waals surface area contributed by atoms with Crippen LogP contribution in [-0.2, 0) is 0 Å². The molecule has 1 aliphatic rings. The second-order valence-electron chi connectivity index (χ2n) is 4.20. The number of nitrogens with zero attached hydrogens (tertiary/aromatic N) is 5. The molecule has 1 fully saturated rings. The predicted molar refractivity (Wildman–Crippen MR) is 64.7 cm³/mol. The molecule has 2 aromatic rings. The van der Waals surface area contributed by atoms with E-state index in [-0.39, 0.29) is 0 Å². The summed E-state index contributed by atoms with van der Waals surface area (Å²) in [5.41, 5.74) is 0. The number of anilines is 1. The van der Waals surface area contributed by atoms with E-state index in [4.69, 9.17) is 4.74 Å². The van der Waals surface area contributed by atoms with E-state index in [2.05, 4.69) is 25.4 Å². The van der Waals surface area contributed by atoms with Crippen LogP contribution in [-0.4, -0.2) is 38.4 Å². The number of aromatic nitrogens is 5. The summed E-state index contributed by atoms with van der Waals surface area (Å²) in [7, 11) is 1.76. The highest BCUT2D eigenvalue weighted by Crippen LogP contribution is 2.29. The van der Waals surface area contributed by atoms with Crippen molar-refractivity contribution < 1.29 is 4.74 Å². The Kier molecular flexibility index (Phi) is 2.79. The van der Waals surface area contributed by atoms with Crippen LogP contribution in [0.15, 0.2) is 18.5 Å². The Bertz CT molecular complexity index is 522. The minimum Gasteiger partial charge on any atom is -0.463 e. The van der Waals surface area contributed by atoms with E-state index in [1.54, 1.807) is 24.1 Å². The van der Waals surface area contributed by atoms with E-state index < -0.39 is 0 Å². The molecule has 7 heteroatoms. The molecule has 1 aliphatic carbocycles. The van der Waals surface area contributed by atoms with Gasteiger partial charge in [0.2, 0.25) is 5.95 Å². The van der Waals surface area contributed by atoms with Gasteiger partial charge in [-0.25, -0.2) is 4.68 Å². The van der Waals surface area contributed by atoms with E-state index in [0.717, 1.165) is 0 Å². The molecule has 1 N–H and O–H groups in total. The maximum absolute atomic E-state index is 5.57. The molecule has 0 spiro atoms. The fourth-order valence-corrected chi connectivity index (χ4v) is 1.49. The molecule has 0 saturated heterocycles. The highest BCUT2D eigenvalue weighted by Gasteiger charge is 2.22. The Morgan fingerprint density at radius 2 is 2.28 bits per heavy atom. The summed E-state index contributed by atoms with van der Waals surface area (Å²) < 4.78 is 7.14. The third kappa shape index (κ3) is 2.39. The fourth-order valence-electron chi connectivity index (χ4n) is 1.49. The minimum absolute atomic E-state index is 0.340. The molecule has 3 rings (SSSR count). The first-order valence-electron chi connectivity index (χ1n) is 5.92. The van der Waals surface area contributed by atoms with Gasteiger partial charge in [0, 0.05) is 19.4 Å². The van der Waals surface area contributed by atoms with Gasteiger partial charge < -0.3 is 10.1 Å². The largest absolute Gasteiger partial charge is 0.463 e. The molecule has 0 bridgehead atoms. The van der Waals surface area contributed by atoms with E-state index in [9.17, 15) is 0 Å². The Balaban J connectivity index is 1.85. The average molecular weight is 246 g/mol. The van der Waals surface area contributed by atoms with Crippen molar-refractivity contribution >= 4 is 5.95 Å². The van der Waals surface area contributed by atoms with E-state index in [0.29, 0.717) is 30.4 Å². The first-order valence-corrected chi connectivity index (χ1v) is 5.92. The highest BCUT2D eigenvalue weighted by atomic mass is 16.5. The quantitative estimate of drug-likeness (QED) is 0.844. The summed E-state index contributed by atoms with van der Waals surface area (Å²) in [6.45, 7) is 0.672. The van der Waals surface area contributed by atoms with Crippen LogP contribution in [0.5, 0.6) is 6.01 Å². The van der Waals surface area contributed by atoms with Crippen LogP contribution in [0.4, 0.5) is 5.95 Å². The van der Waals surface area contributed by atoms with Crippen LogP contribution in [0, 0.1) is 5.92 Å². The lowest BCUT2D eigenvalue weighted by atomic mass is 10.5. The molecule has 0 aliphatic heterocycles. The molecule has 0 aromatic carbocycles. The molecule has 2 heterocycles. The van der Waals surface area contributed by atoms with Crippen molar-refractivity contribution in [2.45, 2.75) is 12.8 Å². The van der Waals surface area contributed by atoms with Crippen LogP contribution < -0.4 is 10.1 Å². The second-order valence-corrected chi connectivity index (χ2v) is 4.20. The number of rotatable bonds is 5. The lowest BCUT2D eigenvalue weighted by Gasteiger charge is -2.07. The van der Waals surface area contributed by atoms with Crippen LogP contribution in [0.2, 0.25) is 0 Å². The van der Waals surface area contributed by atoms with Crippen molar-refractivity contribution in [2.75, 3.05) is 19.0 Å². The standard InChI is InChI=1S/C11H14N6O/c1-12-9-14-10(17-6-2-5-13-17)16-11(15-9)18-7-8-3-4-8/h2,5-6,8H,3-4,7H2,1H3,(H,12,14,15,16). The van der Waals surface area contributed by atoms with Gasteiger partial charge in [-0.2, -0.15) is 20.1 Å². The Morgan fingerprint density at radius 3 is 2.94 bits per heavy atom. The molecule has 0 radical (unpaired) electrons. The normalized spacial score (nSPS) is 14.5. The first kappa shape index (κ1) is 10.9. The monoisotopic (exact) mass is 246 g/mol. The summed E-state index contributed by atoms with van der Waals surface area (Å²) in [5, 5.41) is 6.98. The zero-order chi connectivity index (χ0) is 12.4. The van der Waals surface area contributed by atoms with Crippen LogP contribution in [0.25, 0.3) is 5.95 Å². The third-order valence-corrected chi connectivity index (χ3v) is 2.68. The smallest absolute Gasteiger partial charge is 0.323 e. The SMILES string of the molecule is CNc1nc(OCC2CC2)nc(-n2cccn2)n1. The molecule has 2 aromatic heterocycles. The van der Waals surface area contributed by atoms with Crippen molar-refractivity contribution in [3.63, 3.8) is 0 Å². The van der Waals surface area contributed by atoms with Crippen molar-refractivity contribution in [3.05, 3.63) is 18.5 Å². The fraction of sp³-hybridized carbons (Fsp3) is 0.455. The number of ether oxygens (including phenoxy) is 1. The summed E-state index contributed by atoms with van der Waals surface area (Å²) in [6, 6.07) is 2.15. The lowest BCUT2D eigenvalue weighted by molar-refractivity contribution is 0.275. The van der Waals surface area contributed by atoms with Gasteiger partial charge in [-0.1, -0.05) is 0 Å². The summed E-state index contributed by atoms with van der Waals surface area (Å²) in [6.07, 6.45) is 5.92. The average Bonchev–Trinajstić information content (AvgIpc) is 3.07. The van der Waals surface area contributed by atoms with Gasteiger partial charge in [-0.15, -0.1) is 0 Å². The van der Waals surface area contributed by atoms with Gasteiger partial charge >= 0.3 is 6.01 Å². The van der Waals surface area contributed by atoms with Gasteiger partial charge in [0.05, 0.1) is 6.61 Å². The molecule has 1 saturated carbocycles. The molecule has 94 valence electrons. The molecule has 7 nitrogen and oxygen atoms in total. The number of nitrogens with one attached hydrogen (secondary N) is 1. The minimum atomic E-state index is 0.340. The maximum Gasteiger partial charge on any atom is 0.323 e.